The molecule has 0 aliphatic heterocycles. The minimum atomic E-state index is -1.41. The third kappa shape index (κ3) is 32.7. The summed E-state index contributed by atoms with van der Waals surface area (Å²) >= 11 is 0. The highest BCUT2D eigenvalue weighted by Gasteiger charge is 2.20. The zero-order valence-corrected chi connectivity index (χ0v) is 14.3. The summed E-state index contributed by atoms with van der Waals surface area (Å²) in [4.78, 5) is 11.0. The van der Waals surface area contributed by atoms with E-state index in [9.17, 15) is 13.6 Å². The Kier molecular flexibility index (Phi) is 15.0. The summed E-state index contributed by atoms with van der Waals surface area (Å²) < 4.78 is 29.8. The maximum absolute atomic E-state index is 12.9. The lowest BCUT2D eigenvalue weighted by Crippen LogP contribution is -2.38. The van der Waals surface area contributed by atoms with Crippen molar-refractivity contribution in [3.05, 3.63) is 0 Å². The minimum Gasteiger partial charge on any atom is -0.444 e. The Morgan fingerprint density at radius 3 is 1.57 bits per heavy atom. The first kappa shape index (κ1) is 28.5. The maximum Gasteiger partial charge on any atom is 0.407 e. The number of alkyl carbamates (subject to hydrolysis) is 1. The van der Waals surface area contributed by atoms with Gasteiger partial charge in [0.2, 0.25) is 0 Å². The first-order valence-corrected chi connectivity index (χ1v) is 6.21. The highest BCUT2D eigenvalue weighted by Crippen LogP contribution is 2.08. The molecule has 0 atom stereocenters. The standard InChI is InChI=1S/C9H18FNO2.C4H10FN.CH4.ClH/c1-8(2,3)13-7(12)11-6-9(4,5)10;1-4(2,5)3-6;;/h6H2,1-5H3,(H,11,12);3,6H2,1-2H3;1H4;1H. The van der Waals surface area contributed by atoms with Gasteiger partial charge in [0, 0.05) is 6.54 Å². The molecular formula is C14H33ClF2N2O2. The molecule has 0 saturated heterocycles. The number of alkyl halides is 2. The molecule has 0 aromatic heterocycles. The van der Waals surface area contributed by atoms with Crippen LogP contribution < -0.4 is 11.1 Å². The molecule has 21 heavy (non-hydrogen) atoms. The van der Waals surface area contributed by atoms with Crippen molar-refractivity contribution in [2.45, 2.75) is 72.8 Å². The van der Waals surface area contributed by atoms with Gasteiger partial charge in [0.15, 0.2) is 0 Å². The molecule has 0 rings (SSSR count). The van der Waals surface area contributed by atoms with Crippen LogP contribution in [-0.4, -0.2) is 36.1 Å². The molecule has 0 fully saturated rings. The second kappa shape index (κ2) is 11.0. The predicted molar refractivity (Wildman–Crippen MR) is 87.6 cm³/mol. The van der Waals surface area contributed by atoms with Crippen LogP contribution in [0, 0.1) is 0 Å². The number of rotatable bonds is 3. The average Bonchev–Trinajstić information content (AvgIpc) is 2.11. The number of hydrogen-bond donors (Lipinski definition) is 2. The smallest absolute Gasteiger partial charge is 0.407 e. The summed E-state index contributed by atoms with van der Waals surface area (Å²) in [5.74, 6) is 0. The highest BCUT2D eigenvalue weighted by molar-refractivity contribution is 5.85. The van der Waals surface area contributed by atoms with Crippen LogP contribution in [0.5, 0.6) is 0 Å². The Morgan fingerprint density at radius 2 is 1.38 bits per heavy atom. The van der Waals surface area contributed by atoms with E-state index in [-0.39, 0.29) is 32.9 Å². The topological polar surface area (TPSA) is 64.3 Å². The van der Waals surface area contributed by atoms with Crippen LogP contribution >= 0.6 is 12.4 Å². The molecule has 0 aliphatic rings. The number of ether oxygens (including phenoxy) is 1. The number of carbonyl (C=O) groups is 1. The van der Waals surface area contributed by atoms with Crippen LogP contribution in [0.15, 0.2) is 0 Å². The Morgan fingerprint density at radius 1 is 1.05 bits per heavy atom. The Balaban J connectivity index is -0.000000156. The Labute approximate surface area is 134 Å². The largest absolute Gasteiger partial charge is 0.444 e. The van der Waals surface area contributed by atoms with Gasteiger partial charge in [0.05, 0.1) is 6.54 Å². The number of amides is 1. The molecule has 0 unspecified atom stereocenters. The third-order valence-electron chi connectivity index (χ3n) is 1.54. The predicted octanol–water partition coefficient (Wildman–Crippen LogP) is 4.01. The lowest BCUT2D eigenvalue weighted by Gasteiger charge is -2.21. The van der Waals surface area contributed by atoms with Gasteiger partial charge in [-0.2, -0.15) is 0 Å². The van der Waals surface area contributed by atoms with Crippen molar-refractivity contribution in [2.75, 3.05) is 13.1 Å². The monoisotopic (exact) mass is 334 g/mol. The Hall–Kier alpha value is -0.620. The SMILES string of the molecule is C.CC(C)(F)CN.CC(C)(F)CNC(=O)OC(C)(C)C.Cl. The summed E-state index contributed by atoms with van der Waals surface area (Å²) in [7, 11) is 0. The van der Waals surface area contributed by atoms with Gasteiger partial charge in [0.25, 0.3) is 0 Å². The summed E-state index contributed by atoms with van der Waals surface area (Å²) in [6.45, 7) is 11.0. The molecule has 3 N–H and O–H groups in total. The molecule has 0 aromatic rings. The fraction of sp³-hybridized carbons (Fsp3) is 0.929. The van der Waals surface area contributed by atoms with Crippen LogP contribution in [0.3, 0.4) is 0 Å². The molecule has 4 nitrogen and oxygen atoms in total. The molecule has 0 bridgehead atoms. The van der Waals surface area contributed by atoms with Crippen molar-refractivity contribution < 1.29 is 18.3 Å². The average molecular weight is 335 g/mol. The number of halogens is 3. The molecule has 0 aromatic carbocycles. The number of hydrogen-bond acceptors (Lipinski definition) is 3. The fourth-order valence-electron chi connectivity index (χ4n) is 0.597. The lowest BCUT2D eigenvalue weighted by atomic mass is 10.2. The molecule has 0 aliphatic carbocycles. The van der Waals surface area contributed by atoms with Crippen molar-refractivity contribution in [2.24, 2.45) is 5.73 Å². The highest BCUT2D eigenvalue weighted by atomic mass is 35.5. The second-order valence-electron chi connectivity index (χ2n) is 6.50. The first-order valence-electron chi connectivity index (χ1n) is 6.21. The third-order valence-corrected chi connectivity index (χ3v) is 1.54. The quantitative estimate of drug-likeness (QED) is 0.819. The van der Waals surface area contributed by atoms with Crippen molar-refractivity contribution in [1.29, 1.82) is 0 Å². The molecular weight excluding hydrogens is 302 g/mol. The van der Waals surface area contributed by atoms with E-state index in [1.54, 1.807) is 20.8 Å². The second-order valence-corrected chi connectivity index (χ2v) is 6.50. The van der Waals surface area contributed by atoms with Gasteiger partial charge < -0.3 is 15.8 Å². The van der Waals surface area contributed by atoms with Crippen molar-refractivity contribution in [1.82, 2.24) is 5.32 Å². The van der Waals surface area contributed by atoms with E-state index in [1.165, 1.54) is 27.7 Å². The number of carbonyl (C=O) groups excluding carboxylic acids is 1. The van der Waals surface area contributed by atoms with Crippen LogP contribution in [-0.2, 0) is 4.74 Å². The number of nitrogens with one attached hydrogen (secondary N) is 1. The van der Waals surface area contributed by atoms with Crippen LogP contribution in [0.1, 0.15) is 55.9 Å². The summed E-state index contributed by atoms with van der Waals surface area (Å²) in [6.07, 6.45) is -0.585. The molecule has 0 radical (unpaired) electrons. The van der Waals surface area contributed by atoms with E-state index in [0.717, 1.165) is 0 Å². The molecule has 1 amide bonds. The van der Waals surface area contributed by atoms with E-state index in [1.807, 2.05) is 0 Å². The van der Waals surface area contributed by atoms with Crippen molar-refractivity contribution in [3.63, 3.8) is 0 Å². The summed E-state index contributed by atoms with van der Waals surface area (Å²) in [6, 6.07) is 0. The van der Waals surface area contributed by atoms with Gasteiger partial charge >= 0.3 is 6.09 Å². The minimum absolute atomic E-state index is 0. The normalized spacial score (nSPS) is 11.1. The first-order chi connectivity index (χ1) is 8.16. The van der Waals surface area contributed by atoms with Gasteiger partial charge in [-0.05, 0) is 48.5 Å². The molecule has 0 spiro atoms. The molecule has 132 valence electrons. The van der Waals surface area contributed by atoms with E-state index in [2.05, 4.69) is 5.32 Å². The van der Waals surface area contributed by atoms with E-state index >= 15 is 0 Å². The fourth-order valence-corrected chi connectivity index (χ4v) is 0.597. The van der Waals surface area contributed by atoms with Crippen LogP contribution in [0.4, 0.5) is 13.6 Å². The zero-order valence-electron chi connectivity index (χ0n) is 13.5. The van der Waals surface area contributed by atoms with E-state index < -0.39 is 23.0 Å². The van der Waals surface area contributed by atoms with Crippen LogP contribution in [0.2, 0.25) is 0 Å². The van der Waals surface area contributed by atoms with Gasteiger partial charge in [0.1, 0.15) is 16.9 Å². The molecule has 7 heteroatoms. The van der Waals surface area contributed by atoms with Crippen molar-refractivity contribution in [3.8, 4) is 0 Å². The molecule has 0 saturated carbocycles. The van der Waals surface area contributed by atoms with Gasteiger partial charge in [-0.1, -0.05) is 7.43 Å². The molecule has 0 heterocycles. The van der Waals surface area contributed by atoms with Gasteiger partial charge in [-0.15, -0.1) is 12.4 Å². The zero-order chi connectivity index (χ0) is 15.9. The summed E-state index contributed by atoms with van der Waals surface area (Å²) in [5.41, 5.74) is 1.81. The van der Waals surface area contributed by atoms with Crippen molar-refractivity contribution >= 4 is 18.5 Å². The van der Waals surface area contributed by atoms with Crippen LogP contribution in [0.25, 0.3) is 0 Å². The van der Waals surface area contributed by atoms with Gasteiger partial charge in [-0.3, -0.25) is 0 Å². The number of nitrogens with two attached hydrogens (primary N) is 1. The Bertz CT molecular complexity index is 270. The maximum atomic E-state index is 12.9. The summed E-state index contributed by atoms with van der Waals surface area (Å²) in [5, 5.41) is 2.34. The lowest BCUT2D eigenvalue weighted by molar-refractivity contribution is 0.0492. The van der Waals surface area contributed by atoms with E-state index in [4.69, 9.17) is 10.5 Å². The van der Waals surface area contributed by atoms with E-state index in [0.29, 0.717) is 0 Å². The van der Waals surface area contributed by atoms with Gasteiger partial charge in [-0.25, -0.2) is 13.6 Å².